The highest BCUT2D eigenvalue weighted by Gasteiger charge is 2.04. The van der Waals surface area contributed by atoms with Crippen LogP contribution in [0.3, 0.4) is 0 Å². The quantitative estimate of drug-likeness (QED) is 0.688. The molecule has 0 aromatic carbocycles. The first-order valence-electron chi connectivity index (χ1n) is 4.32. The van der Waals surface area contributed by atoms with E-state index in [4.69, 9.17) is 0 Å². The number of carbonyl (C=O) groups excluding carboxylic acids is 2. The van der Waals surface area contributed by atoms with Crippen LogP contribution < -0.4 is 5.32 Å². The van der Waals surface area contributed by atoms with Gasteiger partial charge in [-0.25, -0.2) is 0 Å². The lowest BCUT2D eigenvalue weighted by atomic mass is 10.3. The van der Waals surface area contributed by atoms with Gasteiger partial charge < -0.3 is 5.32 Å². The van der Waals surface area contributed by atoms with Gasteiger partial charge >= 0.3 is 0 Å². The Morgan fingerprint density at radius 1 is 1.57 bits per heavy atom. The lowest BCUT2D eigenvalue weighted by Gasteiger charge is -2.00. The van der Waals surface area contributed by atoms with Gasteiger partial charge in [0, 0.05) is 13.2 Å². The predicted molar refractivity (Wildman–Crippen MR) is 50.4 cm³/mol. The molecule has 1 rings (SSSR count). The normalized spacial score (nSPS) is 9.86. The number of nitrogens with one attached hydrogen (secondary N) is 1. The van der Waals surface area contributed by atoms with Crippen molar-refractivity contribution in [3.8, 4) is 0 Å². The van der Waals surface area contributed by atoms with E-state index in [0.29, 0.717) is 6.54 Å². The van der Waals surface area contributed by atoms with E-state index >= 15 is 0 Å². The number of hydrogen-bond acceptors (Lipinski definition) is 3. The molecule has 0 aliphatic rings. The number of aryl methyl sites for hydroxylation is 1. The third-order valence-corrected chi connectivity index (χ3v) is 1.65. The number of aromatic nitrogens is 2. The zero-order chi connectivity index (χ0) is 10.6. The van der Waals surface area contributed by atoms with Crippen LogP contribution in [0.1, 0.15) is 19.0 Å². The molecule has 1 aromatic heterocycles. The van der Waals surface area contributed by atoms with E-state index in [2.05, 4.69) is 10.4 Å². The number of hydrogen-bond donors (Lipinski definition) is 1. The van der Waals surface area contributed by atoms with Crippen LogP contribution in [-0.2, 0) is 23.2 Å². The molecule has 5 nitrogen and oxygen atoms in total. The average molecular weight is 195 g/mol. The van der Waals surface area contributed by atoms with E-state index in [0.717, 1.165) is 5.69 Å². The van der Waals surface area contributed by atoms with Gasteiger partial charge in [-0.05, 0) is 13.0 Å². The van der Waals surface area contributed by atoms with Gasteiger partial charge in [0.15, 0.2) is 0 Å². The molecule has 1 N–H and O–H groups in total. The van der Waals surface area contributed by atoms with Crippen LogP contribution in [0.2, 0.25) is 0 Å². The smallest absolute Gasteiger partial charge is 0.227 e. The summed E-state index contributed by atoms with van der Waals surface area (Å²) in [6.07, 6.45) is 1.74. The molecule has 0 atom stereocenters. The molecule has 0 fully saturated rings. The Labute approximate surface area is 82.1 Å². The largest absolute Gasteiger partial charge is 0.350 e. The monoisotopic (exact) mass is 195 g/mol. The molecular formula is C9H13N3O2. The van der Waals surface area contributed by atoms with Gasteiger partial charge in [0.2, 0.25) is 5.91 Å². The number of ketones is 1. The highest BCUT2D eigenvalue weighted by Crippen LogP contribution is 1.93. The van der Waals surface area contributed by atoms with Gasteiger partial charge in [-0.2, -0.15) is 5.10 Å². The van der Waals surface area contributed by atoms with Crippen molar-refractivity contribution >= 4 is 11.7 Å². The molecule has 0 spiro atoms. The number of amides is 1. The van der Waals surface area contributed by atoms with Crippen LogP contribution >= 0.6 is 0 Å². The fourth-order valence-electron chi connectivity index (χ4n) is 1.04. The molecule has 0 radical (unpaired) electrons. The van der Waals surface area contributed by atoms with Crippen LogP contribution in [-0.4, -0.2) is 21.5 Å². The van der Waals surface area contributed by atoms with Crippen molar-refractivity contribution in [2.24, 2.45) is 7.05 Å². The maximum atomic E-state index is 11.1. The molecule has 1 amide bonds. The minimum atomic E-state index is -0.261. The van der Waals surface area contributed by atoms with Crippen molar-refractivity contribution in [1.82, 2.24) is 15.1 Å². The summed E-state index contributed by atoms with van der Waals surface area (Å²) in [5.41, 5.74) is 0.782. The predicted octanol–water partition coefficient (Wildman–Crippen LogP) is 0.0154. The molecule has 0 saturated carbocycles. The Morgan fingerprint density at radius 3 is 2.79 bits per heavy atom. The summed E-state index contributed by atoms with van der Waals surface area (Å²) in [7, 11) is 1.81. The Kier molecular flexibility index (Phi) is 3.39. The summed E-state index contributed by atoms with van der Waals surface area (Å²) in [6.45, 7) is 1.76. The first-order valence-corrected chi connectivity index (χ1v) is 4.32. The van der Waals surface area contributed by atoms with E-state index in [-0.39, 0.29) is 18.1 Å². The summed E-state index contributed by atoms with van der Waals surface area (Å²) in [4.78, 5) is 21.7. The lowest BCUT2D eigenvalue weighted by molar-refractivity contribution is -0.127. The van der Waals surface area contributed by atoms with E-state index in [1.165, 1.54) is 6.92 Å². The van der Waals surface area contributed by atoms with Crippen molar-refractivity contribution in [2.45, 2.75) is 19.9 Å². The maximum absolute atomic E-state index is 11.1. The molecule has 5 heteroatoms. The second-order valence-corrected chi connectivity index (χ2v) is 3.14. The van der Waals surface area contributed by atoms with Crippen molar-refractivity contribution in [2.75, 3.05) is 0 Å². The van der Waals surface area contributed by atoms with Gasteiger partial charge in [0.05, 0.1) is 18.7 Å². The zero-order valence-electron chi connectivity index (χ0n) is 8.28. The van der Waals surface area contributed by atoms with Gasteiger partial charge in [-0.3, -0.25) is 14.3 Å². The van der Waals surface area contributed by atoms with Crippen LogP contribution in [0.25, 0.3) is 0 Å². The highest BCUT2D eigenvalue weighted by atomic mass is 16.2. The van der Waals surface area contributed by atoms with Gasteiger partial charge in [0.1, 0.15) is 5.78 Å². The molecule has 1 heterocycles. The van der Waals surface area contributed by atoms with Gasteiger partial charge in [0.25, 0.3) is 0 Å². The molecular weight excluding hydrogens is 182 g/mol. The minimum absolute atomic E-state index is 0.0627. The molecule has 76 valence electrons. The molecule has 0 aliphatic carbocycles. The van der Waals surface area contributed by atoms with Crippen LogP contribution in [0, 0.1) is 0 Å². The molecule has 0 unspecified atom stereocenters. The molecule has 0 aliphatic heterocycles. The number of nitrogens with zero attached hydrogens (tertiary/aromatic N) is 2. The van der Waals surface area contributed by atoms with Crippen molar-refractivity contribution in [1.29, 1.82) is 0 Å². The highest BCUT2D eigenvalue weighted by molar-refractivity contribution is 5.96. The molecule has 1 aromatic rings. The van der Waals surface area contributed by atoms with Crippen LogP contribution in [0.4, 0.5) is 0 Å². The Hall–Kier alpha value is -1.65. The standard InChI is InChI=1S/C9H13N3O2/c1-7(13)5-9(14)10-6-8-3-4-12(2)11-8/h3-4H,5-6H2,1-2H3,(H,10,14). The van der Waals surface area contributed by atoms with Crippen LogP contribution in [0.15, 0.2) is 12.3 Å². The SMILES string of the molecule is CC(=O)CC(=O)NCc1ccn(C)n1. The fourth-order valence-corrected chi connectivity index (χ4v) is 1.04. The van der Waals surface area contributed by atoms with E-state index < -0.39 is 0 Å². The third kappa shape index (κ3) is 3.38. The minimum Gasteiger partial charge on any atom is -0.350 e. The number of carbonyl (C=O) groups is 2. The van der Waals surface area contributed by atoms with E-state index in [1.54, 1.807) is 17.9 Å². The Bertz CT molecular complexity index is 344. The zero-order valence-corrected chi connectivity index (χ0v) is 8.28. The summed E-state index contributed by atoms with van der Waals surface area (Å²) < 4.78 is 1.66. The summed E-state index contributed by atoms with van der Waals surface area (Å²) in [6, 6.07) is 1.81. The Balaban J connectivity index is 2.34. The van der Waals surface area contributed by atoms with Gasteiger partial charge in [-0.1, -0.05) is 0 Å². The number of Topliss-reactive ketones (excluding diaryl/α,β-unsaturated/α-hetero) is 1. The summed E-state index contributed by atoms with van der Waals surface area (Å²) >= 11 is 0. The number of rotatable bonds is 4. The Morgan fingerprint density at radius 2 is 2.29 bits per heavy atom. The van der Waals surface area contributed by atoms with Crippen LogP contribution in [0.5, 0.6) is 0 Å². The third-order valence-electron chi connectivity index (χ3n) is 1.65. The summed E-state index contributed by atoms with van der Waals surface area (Å²) in [5, 5.41) is 6.69. The van der Waals surface area contributed by atoms with Gasteiger partial charge in [-0.15, -0.1) is 0 Å². The van der Waals surface area contributed by atoms with E-state index in [9.17, 15) is 9.59 Å². The lowest BCUT2D eigenvalue weighted by Crippen LogP contribution is -2.24. The average Bonchev–Trinajstić information content (AvgIpc) is 2.47. The fraction of sp³-hybridized carbons (Fsp3) is 0.444. The molecule has 0 saturated heterocycles. The first kappa shape index (κ1) is 10.4. The topological polar surface area (TPSA) is 64.0 Å². The second kappa shape index (κ2) is 4.55. The van der Waals surface area contributed by atoms with Crippen molar-refractivity contribution in [3.63, 3.8) is 0 Å². The van der Waals surface area contributed by atoms with Crippen molar-refractivity contribution in [3.05, 3.63) is 18.0 Å². The molecule has 0 bridgehead atoms. The van der Waals surface area contributed by atoms with E-state index in [1.807, 2.05) is 6.07 Å². The molecule has 14 heavy (non-hydrogen) atoms. The summed E-state index contributed by atoms with van der Waals surface area (Å²) in [5.74, 6) is -0.397. The second-order valence-electron chi connectivity index (χ2n) is 3.14. The maximum Gasteiger partial charge on any atom is 0.227 e. The van der Waals surface area contributed by atoms with Crippen molar-refractivity contribution < 1.29 is 9.59 Å². The first-order chi connectivity index (χ1) is 6.58.